The first kappa shape index (κ1) is 15.8. The molecule has 0 aliphatic heterocycles. The van der Waals surface area contributed by atoms with E-state index >= 15 is 0 Å². The minimum atomic E-state index is -0.613. The van der Waals surface area contributed by atoms with Gasteiger partial charge in [0.25, 0.3) is 0 Å². The summed E-state index contributed by atoms with van der Waals surface area (Å²) in [5.41, 5.74) is 3.50. The second-order valence-electron chi connectivity index (χ2n) is 7.75. The molecule has 0 aromatic carbocycles. The van der Waals surface area contributed by atoms with Crippen molar-refractivity contribution < 1.29 is 9.90 Å². The van der Waals surface area contributed by atoms with Crippen molar-refractivity contribution in [3.63, 3.8) is 0 Å². The van der Waals surface area contributed by atoms with E-state index in [1.165, 1.54) is 16.7 Å². The molecule has 0 aromatic rings. The topological polar surface area (TPSA) is 37.3 Å². The first-order valence-corrected chi connectivity index (χ1v) is 10.1. The van der Waals surface area contributed by atoms with E-state index in [9.17, 15) is 9.90 Å². The van der Waals surface area contributed by atoms with Gasteiger partial charge in [-0.25, -0.2) is 0 Å². The molecule has 0 unspecified atom stereocenters. The lowest BCUT2D eigenvalue weighted by Gasteiger charge is -2.49. The SMILES string of the molecule is CC[C@]12C=CC3=C4CCC(=O)C=C4CC[C@H]3[C@@H]1CC[C@@]2(O)CBr. The van der Waals surface area contributed by atoms with Crippen LogP contribution in [-0.4, -0.2) is 21.8 Å². The van der Waals surface area contributed by atoms with Gasteiger partial charge in [-0.05, 0) is 73.2 Å². The van der Waals surface area contributed by atoms with Gasteiger partial charge in [0.05, 0.1) is 5.60 Å². The van der Waals surface area contributed by atoms with E-state index in [1.807, 2.05) is 6.08 Å². The standard InChI is InChI=1S/C20H25BrO2/c1-2-19-9-7-16-15-6-4-14(22)11-13(15)3-5-17(16)18(19)8-10-20(19,23)12-21/h7,9,11,17-18,23H,2-6,8,10,12H2,1H3/t17-,18+,19+,20-/m1/s1. The van der Waals surface area contributed by atoms with Crippen LogP contribution >= 0.6 is 15.9 Å². The number of alkyl halides is 1. The number of rotatable bonds is 2. The summed E-state index contributed by atoms with van der Waals surface area (Å²) in [6, 6.07) is 0. The molecule has 1 fully saturated rings. The van der Waals surface area contributed by atoms with Crippen LogP contribution in [0.5, 0.6) is 0 Å². The van der Waals surface area contributed by atoms with Crippen molar-refractivity contribution in [1.29, 1.82) is 0 Å². The minimum absolute atomic E-state index is 0.0864. The molecule has 0 bridgehead atoms. The van der Waals surface area contributed by atoms with Crippen molar-refractivity contribution in [2.75, 3.05) is 5.33 Å². The summed E-state index contributed by atoms with van der Waals surface area (Å²) in [6.45, 7) is 2.22. The van der Waals surface area contributed by atoms with Gasteiger partial charge in [-0.3, -0.25) is 4.79 Å². The van der Waals surface area contributed by atoms with Crippen molar-refractivity contribution in [2.24, 2.45) is 17.3 Å². The summed E-state index contributed by atoms with van der Waals surface area (Å²) in [4.78, 5) is 11.7. The van der Waals surface area contributed by atoms with Crippen LogP contribution in [0.1, 0.15) is 51.9 Å². The summed E-state index contributed by atoms with van der Waals surface area (Å²) in [6.07, 6.45) is 13.3. The summed E-state index contributed by atoms with van der Waals surface area (Å²) < 4.78 is 0. The van der Waals surface area contributed by atoms with Gasteiger partial charge in [0.1, 0.15) is 0 Å². The summed E-state index contributed by atoms with van der Waals surface area (Å²) in [7, 11) is 0. The molecule has 124 valence electrons. The van der Waals surface area contributed by atoms with E-state index in [0.717, 1.165) is 38.5 Å². The Morgan fingerprint density at radius 1 is 1.30 bits per heavy atom. The quantitative estimate of drug-likeness (QED) is 0.721. The van der Waals surface area contributed by atoms with Gasteiger partial charge < -0.3 is 5.11 Å². The maximum atomic E-state index is 11.7. The molecule has 0 aromatic heterocycles. The number of fused-ring (bicyclic) bond motifs is 4. The molecule has 2 nitrogen and oxygen atoms in total. The second-order valence-corrected chi connectivity index (χ2v) is 8.31. The van der Waals surface area contributed by atoms with Crippen molar-refractivity contribution in [2.45, 2.75) is 57.5 Å². The molecule has 1 saturated carbocycles. The number of hydrogen-bond acceptors (Lipinski definition) is 2. The predicted octanol–water partition coefficient (Wildman–Crippen LogP) is 4.48. The largest absolute Gasteiger partial charge is 0.388 e. The van der Waals surface area contributed by atoms with E-state index in [-0.39, 0.29) is 5.41 Å². The van der Waals surface area contributed by atoms with Crippen LogP contribution in [0.25, 0.3) is 0 Å². The number of halogens is 1. The molecule has 3 heteroatoms. The fraction of sp³-hybridized carbons (Fsp3) is 0.650. The number of carbonyl (C=O) groups excluding carboxylic acids is 1. The molecule has 4 rings (SSSR count). The Labute approximate surface area is 146 Å². The van der Waals surface area contributed by atoms with Gasteiger partial charge in [-0.2, -0.15) is 0 Å². The van der Waals surface area contributed by atoms with Crippen molar-refractivity contribution in [1.82, 2.24) is 0 Å². The molecular formula is C20H25BrO2. The lowest BCUT2D eigenvalue weighted by Crippen LogP contribution is -2.50. The van der Waals surface area contributed by atoms with Crippen molar-refractivity contribution in [3.05, 3.63) is 34.9 Å². The molecule has 1 N–H and O–H groups in total. The second kappa shape index (κ2) is 5.42. The van der Waals surface area contributed by atoms with Gasteiger partial charge in [-0.15, -0.1) is 0 Å². The number of hydrogen-bond donors (Lipinski definition) is 1. The highest BCUT2D eigenvalue weighted by atomic mass is 79.9. The lowest BCUT2D eigenvalue weighted by molar-refractivity contribution is -0.114. The van der Waals surface area contributed by atoms with Crippen LogP contribution in [0.3, 0.4) is 0 Å². The van der Waals surface area contributed by atoms with Crippen LogP contribution in [0, 0.1) is 17.3 Å². The van der Waals surface area contributed by atoms with Gasteiger partial charge in [0, 0.05) is 17.2 Å². The predicted molar refractivity (Wildman–Crippen MR) is 95.4 cm³/mol. The molecular weight excluding hydrogens is 352 g/mol. The van der Waals surface area contributed by atoms with Gasteiger partial charge >= 0.3 is 0 Å². The third kappa shape index (κ3) is 2.05. The zero-order chi connectivity index (χ0) is 16.2. The Hall–Kier alpha value is -0.670. The molecule has 0 heterocycles. The fourth-order valence-electron chi connectivity index (χ4n) is 5.85. The van der Waals surface area contributed by atoms with Crippen LogP contribution < -0.4 is 0 Å². The zero-order valence-corrected chi connectivity index (χ0v) is 15.4. The van der Waals surface area contributed by atoms with Crippen LogP contribution in [0.15, 0.2) is 34.9 Å². The third-order valence-corrected chi connectivity index (χ3v) is 7.99. The smallest absolute Gasteiger partial charge is 0.156 e. The van der Waals surface area contributed by atoms with E-state index in [2.05, 4.69) is 35.0 Å². The van der Waals surface area contributed by atoms with Gasteiger partial charge in [0.15, 0.2) is 5.78 Å². The monoisotopic (exact) mass is 376 g/mol. The molecule has 0 saturated heterocycles. The van der Waals surface area contributed by atoms with E-state index in [1.54, 1.807) is 0 Å². The van der Waals surface area contributed by atoms with Crippen LogP contribution in [0.4, 0.5) is 0 Å². The van der Waals surface area contributed by atoms with E-state index in [4.69, 9.17) is 0 Å². The maximum Gasteiger partial charge on any atom is 0.156 e. The fourth-order valence-corrected chi connectivity index (χ4v) is 6.66. The Kier molecular flexibility index (Phi) is 3.73. The number of ketones is 1. The molecule has 4 aliphatic carbocycles. The first-order valence-electron chi connectivity index (χ1n) is 8.99. The minimum Gasteiger partial charge on any atom is -0.388 e. The first-order chi connectivity index (χ1) is 11.0. The van der Waals surface area contributed by atoms with E-state index in [0.29, 0.717) is 29.4 Å². The lowest BCUT2D eigenvalue weighted by atomic mass is 9.57. The van der Waals surface area contributed by atoms with Gasteiger partial charge in [0.2, 0.25) is 0 Å². The Morgan fingerprint density at radius 2 is 2.13 bits per heavy atom. The zero-order valence-electron chi connectivity index (χ0n) is 13.8. The number of aliphatic hydroxyl groups is 1. The third-order valence-electron chi connectivity index (χ3n) is 7.07. The van der Waals surface area contributed by atoms with Crippen LogP contribution in [-0.2, 0) is 4.79 Å². The summed E-state index contributed by atoms with van der Waals surface area (Å²) in [5, 5.41) is 11.9. The highest BCUT2D eigenvalue weighted by molar-refractivity contribution is 9.09. The average molecular weight is 377 g/mol. The van der Waals surface area contributed by atoms with Gasteiger partial charge in [-0.1, -0.05) is 35.0 Å². The summed E-state index contributed by atoms with van der Waals surface area (Å²) >= 11 is 3.58. The molecule has 0 amide bonds. The van der Waals surface area contributed by atoms with E-state index < -0.39 is 5.60 Å². The van der Waals surface area contributed by atoms with Crippen molar-refractivity contribution in [3.8, 4) is 0 Å². The van der Waals surface area contributed by atoms with Crippen LogP contribution in [0.2, 0.25) is 0 Å². The Bertz CT molecular complexity index is 644. The molecule has 4 atom stereocenters. The normalized spacial score (nSPS) is 42.2. The molecule has 0 radical (unpaired) electrons. The Morgan fingerprint density at radius 3 is 2.87 bits per heavy atom. The Balaban J connectivity index is 1.83. The molecule has 0 spiro atoms. The summed E-state index contributed by atoms with van der Waals surface area (Å²) in [5.74, 6) is 1.40. The molecule has 4 aliphatic rings. The number of allylic oxidation sites excluding steroid dienone is 5. The molecule has 23 heavy (non-hydrogen) atoms. The number of carbonyl (C=O) groups is 1. The average Bonchev–Trinajstić information content (AvgIpc) is 2.88. The highest BCUT2D eigenvalue weighted by Gasteiger charge is 2.60. The van der Waals surface area contributed by atoms with Crippen molar-refractivity contribution >= 4 is 21.7 Å². The highest BCUT2D eigenvalue weighted by Crippen LogP contribution is 2.62. The maximum absolute atomic E-state index is 11.7.